The maximum absolute atomic E-state index is 12.6. The second-order valence-electron chi connectivity index (χ2n) is 7.69. The Morgan fingerprint density at radius 2 is 1.69 bits per heavy atom. The zero-order valence-corrected chi connectivity index (χ0v) is 18.3. The summed E-state index contributed by atoms with van der Waals surface area (Å²) >= 11 is 1.36. The number of hydrogen-bond acceptors (Lipinski definition) is 5. The molecule has 0 saturated carbocycles. The average molecular weight is 430 g/mol. The quantitative estimate of drug-likeness (QED) is 0.610. The van der Waals surface area contributed by atoms with Crippen LogP contribution in [0.25, 0.3) is 0 Å². The lowest BCUT2D eigenvalue weighted by atomic mass is 9.93. The first-order valence-electron chi connectivity index (χ1n) is 9.02. The molecule has 2 N–H and O–H groups in total. The number of anilines is 2. The molecule has 8 heteroatoms. The van der Waals surface area contributed by atoms with Crippen LogP contribution in [0.1, 0.15) is 42.4 Å². The number of para-hydroxylation sites is 1. The van der Waals surface area contributed by atoms with Crippen LogP contribution in [-0.2, 0) is 15.4 Å². The number of aryl methyl sites for hydroxylation is 1. The predicted molar refractivity (Wildman–Crippen MR) is 117 cm³/mol. The van der Waals surface area contributed by atoms with Gasteiger partial charge in [-0.05, 0) is 42.8 Å². The van der Waals surface area contributed by atoms with Gasteiger partial charge in [-0.1, -0.05) is 39.0 Å². The van der Waals surface area contributed by atoms with E-state index in [9.17, 15) is 13.2 Å². The molecule has 0 unspecified atom stereocenters. The largest absolute Gasteiger partial charge is 0.298 e. The van der Waals surface area contributed by atoms with Gasteiger partial charge in [-0.2, -0.15) is 0 Å². The summed E-state index contributed by atoms with van der Waals surface area (Å²) in [5, 5.41) is 5.19. The molecule has 152 valence electrons. The molecule has 1 heterocycles. The molecule has 0 aliphatic heterocycles. The van der Waals surface area contributed by atoms with Crippen LogP contribution in [0.4, 0.5) is 10.8 Å². The molecule has 0 spiro atoms. The fourth-order valence-corrected chi connectivity index (χ4v) is 4.58. The molecule has 0 radical (unpaired) electrons. The number of aromatic nitrogens is 1. The molecular formula is C21H23N3O3S2. The summed E-state index contributed by atoms with van der Waals surface area (Å²) in [6.07, 6.45) is 0. The van der Waals surface area contributed by atoms with Gasteiger partial charge in [-0.3, -0.25) is 14.8 Å². The normalized spacial score (nSPS) is 11.9. The van der Waals surface area contributed by atoms with Gasteiger partial charge in [0.05, 0.1) is 16.3 Å². The second-order valence-corrected chi connectivity index (χ2v) is 10.2. The third kappa shape index (κ3) is 5.02. The Morgan fingerprint density at radius 1 is 1.03 bits per heavy atom. The number of thiazole rings is 1. The van der Waals surface area contributed by atoms with Gasteiger partial charge in [0, 0.05) is 16.4 Å². The first-order chi connectivity index (χ1) is 13.6. The van der Waals surface area contributed by atoms with Gasteiger partial charge in [-0.25, -0.2) is 13.4 Å². The molecule has 0 saturated heterocycles. The highest BCUT2D eigenvalue weighted by Crippen LogP contribution is 2.27. The topological polar surface area (TPSA) is 88.2 Å². The first-order valence-corrected chi connectivity index (χ1v) is 11.4. The zero-order valence-electron chi connectivity index (χ0n) is 16.7. The van der Waals surface area contributed by atoms with Crippen LogP contribution < -0.4 is 10.0 Å². The fraction of sp³-hybridized carbons (Fsp3) is 0.238. The van der Waals surface area contributed by atoms with E-state index >= 15 is 0 Å². The highest BCUT2D eigenvalue weighted by Gasteiger charge is 2.19. The summed E-state index contributed by atoms with van der Waals surface area (Å²) in [7, 11) is -3.74. The highest BCUT2D eigenvalue weighted by molar-refractivity contribution is 7.92. The Balaban J connectivity index is 1.73. The van der Waals surface area contributed by atoms with Gasteiger partial charge in [-0.15, -0.1) is 11.3 Å². The van der Waals surface area contributed by atoms with Gasteiger partial charge in [0.25, 0.3) is 15.9 Å². The third-order valence-corrected chi connectivity index (χ3v) is 6.45. The Hall–Kier alpha value is -2.71. The predicted octanol–water partition coefficient (Wildman–Crippen LogP) is 4.80. The fourth-order valence-electron chi connectivity index (χ4n) is 2.52. The minimum atomic E-state index is -3.74. The number of rotatable bonds is 5. The number of nitrogens with zero attached hydrogens (tertiary/aromatic N) is 1. The molecule has 6 nitrogen and oxygen atoms in total. The lowest BCUT2D eigenvalue weighted by Gasteiger charge is -2.14. The molecule has 29 heavy (non-hydrogen) atoms. The average Bonchev–Trinajstić information content (AvgIpc) is 3.12. The van der Waals surface area contributed by atoms with E-state index in [1.165, 1.54) is 35.6 Å². The van der Waals surface area contributed by atoms with Gasteiger partial charge in [0.15, 0.2) is 5.13 Å². The highest BCUT2D eigenvalue weighted by atomic mass is 32.2. The third-order valence-electron chi connectivity index (χ3n) is 4.31. The van der Waals surface area contributed by atoms with E-state index in [4.69, 9.17) is 0 Å². The van der Waals surface area contributed by atoms with Crippen molar-refractivity contribution in [3.63, 3.8) is 0 Å². The Labute approximate surface area is 175 Å². The molecule has 3 rings (SSSR count). The number of amides is 1. The van der Waals surface area contributed by atoms with E-state index in [0.717, 1.165) is 11.3 Å². The van der Waals surface area contributed by atoms with Crippen LogP contribution in [0, 0.1) is 6.92 Å². The molecule has 0 atom stereocenters. The van der Waals surface area contributed by atoms with E-state index < -0.39 is 10.0 Å². The minimum Gasteiger partial charge on any atom is -0.298 e. The Morgan fingerprint density at radius 3 is 2.28 bits per heavy atom. The van der Waals surface area contributed by atoms with Crippen molar-refractivity contribution in [2.45, 2.75) is 38.0 Å². The maximum Gasteiger partial charge on any atom is 0.261 e. The number of benzene rings is 2. The van der Waals surface area contributed by atoms with Crippen molar-refractivity contribution < 1.29 is 13.2 Å². The van der Waals surface area contributed by atoms with E-state index in [2.05, 4.69) is 35.8 Å². The lowest BCUT2D eigenvalue weighted by Crippen LogP contribution is -2.16. The standard InChI is InChI=1S/C21H23N3O3S2/c1-14-7-5-6-8-17(14)24-29(26,27)16-11-9-15(10-12-16)19(25)23-20-22-18(13-28-20)21(2,3)4/h5-13,24H,1-4H3,(H,22,23,25). The summed E-state index contributed by atoms with van der Waals surface area (Å²) in [6.45, 7) is 7.99. The molecular weight excluding hydrogens is 406 g/mol. The van der Waals surface area contributed by atoms with Gasteiger partial charge < -0.3 is 0 Å². The summed E-state index contributed by atoms with van der Waals surface area (Å²) < 4.78 is 27.8. The molecule has 1 amide bonds. The van der Waals surface area contributed by atoms with Crippen LogP contribution in [0.15, 0.2) is 58.8 Å². The lowest BCUT2D eigenvalue weighted by molar-refractivity contribution is 0.102. The van der Waals surface area contributed by atoms with Crippen molar-refractivity contribution in [1.29, 1.82) is 0 Å². The van der Waals surface area contributed by atoms with E-state index in [0.29, 0.717) is 16.4 Å². The van der Waals surface area contributed by atoms with E-state index in [1.807, 2.05) is 24.4 Å². The number of hydrogen-bond donors (Lipinski definition) is 2. The first kappa shape index (κ1) is 21.0. The SMILES string of the molecule is Cc1ccccc1NS(=O)(=O)c1ccc(C(=O)Nc2nc(C(C)(C)C)cs2)cc1. The van der Waals surface area contributed by atoms with Crippen molar-refractivity contribution in [2.24, 2.45) is 0 Å². The van der Waals surface area contributed by atoms with Gasteiger partial charge in [0.1, 0.15) is 0 Å². The zero-order chi connectivity index (χ0) is 21.2. The van der Waals surface area contributed by atoms with Crippen LogP contribution in [0.2, 0.25) is 0 Å². The summed E-state index contributed by atoms with van der Waals surface area (Å²) in [6, 6.07) is 12.9. The van der Waals surface area contributed by atoms with Crippen LogP contribution in [0.3, 0.4) is 0 Å². The van der Waals surface area contributed by atoms with E-state index in [-0.39, 0.29) is 16.2 Å². The summed E-state index contributed by atoms with van der Waals surface area (Å²) in [5.41, 5.74) is 2.51. The smallest absolute Gasteiger partial charge is 0.261 e. The molecule has 0 bridgehead atoms. The summed E-state index contributed by atoms with van der Waals surface area (Å²) in [4.78, 5) is 17.0. The monoisotopic (exact) mass is 429 g/mol. The summed E-state index contributed by atoms with van der Waals surface area (Å²) in [5.74, 6) is -0.337. The number of carbonyl (C=O) groups excluding carboxylic acids is 1. The Kier molecular flexibility index (Phi) is 5.77. The number of nitrogens with one attached hydrogen (secondary N) is 2. The maximum atomic E-state index is 12.6. The molecule has 0 aliphatic carbocycles. The Bertz CT molecular complexity index is 1130. The van der Waals surface area contributed by atoms with Crippen LogP contribution in [0.5, 0.6) is 0 Å². The molecule has 0 fully saturated rings. The van der Waals surface area contributed by atoms with Crippen molar-refractivity contribution in [3.05, 3.63) is 70.7 Å². The van der Waals surface area contributed by atoms with Crippen molar-refractivity contribution in [2.75, 3.05) is 10.0 Å². The van der Waals surface area contributed by atoms with Crippen LogP contribution >= 0.6 is 11.3 Å². The molecule has 3 aromatic rings. The number of carbonyl (C=O) groups is 1. The molecule has 1 aromatic heterocycles. The van der Waals surface area contributed by atoms with Crippen molar-refractivity contribution in [3.8, 4) is 0 Å². The second kappa shape index (κ2) is 7.96. The molecule has 0 aliphatic rings. The molecule has 2 aromatic carbocycles. The van der Waals surface area contributed by atoms with Crippen molar-refractivity contribution in [1.82, 2.24) is 4.98 Å². The van der Waals surface area contributed by atoms with Crippen LogP contribution in [-0.4, -0.2) is 19.3 Å². The van der Waals surface area contributed by atoms with E-state index in [1.54, 1.807) is 12.1 Å². The van der Waals surface area contributed by atoms with Gasteiger partial charge in [0.2, 0.25) is 0 Å². The van der Waals surface area contributed by atoms with Gasteiger partial charge >= 0.3 is 0 Å². The number of sulfonamides is 1. The minimum absolute atomic E-state index is 0.0848. The van der Waals surface area contributed by atoms with Crippen molar-refractivity contribution >= 4 is 38.1 Å².